The molecule has 0 aromatic heterocycles. The summed E-state index contributed by atoms with van der Waals surface area (Å²) in [5, 5.41) is 10.2. The second-order valence-electron chi connectivity index (χ2n) is 3.46. The largest absolute Gasteiger partial charge is 0.480 e. The summed E-state index contributed by atoms with van der Waals surface area (Å²) in [4.78, 5) is 31.6. The predicted octanol–water partition coefficient (Wildman–Crippen LogP) is -0.102. The Bertz CT molecular complexity index is 457. The zero-order valence-electron chi connectivity index (χ0n) is 9.29. The van der Waals surface area contributed by atoms with Crippen molar-refractivity contribution in [2.24, 2.45) is 5.73 Å². The van der Waals surface area contributed by atoms with Crippen molar-refractivity contribution in [2.45, 2.75) is 6.04 Å². The van der Waals surface area contributed by atoms with Crippen LogP contribution in [0.2, 0.25) is 0 Å². The first-order chi connectivity index (χ1) is 8.47. The van der Waals surface area contributed by atoms with E-state index in [1.54, 1.807) is 24.3 Å². The van der Waals surface area contributed by atoms with Crippen LogP contribution in [0.25, 0.3) is 0 Å². The molecule has 0 aliphatic carbocycles. The topological polar surface area (TPSA) is 109 Å². The highest BCUT2D eigenvalue weighted by atomic mass is 32.1. The third-order valence-electron chi connectivity index (χ3n) is 2.16. The van der Waals surface area contributed by atoms with E-state index in [9.17, 15) is 14.4 Å². The second kappa shape index (κ2) is 6.18. The number of thiol groups is 1. The summed E-state index contributed by atoms with van der Waals surface area (Å²) in [6, 6.07) is 5.92. The van der Waals surface area contributed by atoms with Crippen LogP contribution in [0.3, 0.4) is 0 Å². The summed E-state index contributed by atoms with van der Waals surface area (Å²) in [6.07, 6.45) is 0. The fourth-order valence-electron chi connectivity index (χ4n) is 1.19. The van der Waals surface area contributed by atoms with E-state index in [0.717, 1.165) is 0 Å². The molecule has 18 heavy (non-hydrogen) atoms. The number of carbonyl (C=O) groups is 3. The van der Waals surface area contributed by atoms with Crippen LogP contribution >= 0.6 is 12.6 Å². The highest BCUT2D eigenvalue weighted by Gasteiger charge is 2.25. The van der Waals surface area contributed by atoms with Crippen LogP contribution in [-0.2, 0) is 4.79 Å². The van der Waals surface area contributed by atoms with Crippen LogP contribution in [0, 0.1) is 0 Å². The fraction of sp³-hybridized carbons (Fsp3) is 0.182. The number of carbonyl (C=O) groups excluding carboxylic acids is 2. The smallest absolute Gasteiger partial charge is 0.321 e. The zero-order valence-corrected chi connectivity index (χ0v) is 10.2. The third-order valence-corrected chi connectivity index (χ3v) is 2.55. The molecule has 2 amide bonds. The molecule has 0 saturated carbocycles. The molecule has 1 heterocycles. The number of amides is 2. The van der Waals surface area contributed by atoms with Gasteiger partial charge in [0.2, 0.25) is 0 Å². The van der Waals surface area contributed by atoms with Crippen LogP contribution in [0.4, 0.5) is 0 Å². The minimum Gasteiger partial charge on any atom is -0.480 e. The predicted molar refractivity (Wildman–Crippen MR) is 67.7 cm³/mol. The molecule has 7 heteroatoms. The van der Waals surface area contributed by atoms with E-state index in [-0.39, 0.29) is 17.6 Å². The number of nitrogens with one attached hydrogen (secondary N) is 1. The lowest BCUT2D eigenvalue weighted by molar-refractivity contribution is -0.137. The van der Waals surface area contributed by atoms with Gasteiger partial charge in [0.1, 0.15) is 6.04 Å². The van der Waals surface area contributed by atoms with E-state index in [1.807, 2.05) is 0 Å². The van der Waals surface area contributed by atoms with Gasteiger partial charge < -0.3 is 10.8 Å². The normalized spacial score (nSPS) is 14.1. The van der Waals surface area contributed by atoms with Crippen molar-refractivity contribution in [3.05, 3.63) is 35.4 Å². The van der Waals surface area contributed by atoms with Gasteiger partial charge in [0.15, 0.2) is 0 Å². The van der Waals surface area contributed by atoms with Crippen molar-refractivity contribution in [3.63, 3.8) is 0 Å². The first-order valence-corrected chi connectivity index (χ1v) is 5.64. The Balaban J connectivity index is 0.000000203. The Kier molecular flexibility index (Phi) is 4.87. The first kappa shape index (κ1) is 14.2. The number of benzene rings is 1. The van der Waals surface area contributed by atoms with Gasteiger partial charge in [-0.1, -0.05) is 12.1 Å². The molecule has 0 unspecified atom stereocenters. The molecule has 0 saturated heterocycles. The van der Waals surface area contributed by atoms with Gasteiger partial charge in [-0.3, -0.25) is 19.7 Å². The van der Waals surface area contributed by atoms with E-state index in [0.29, 0.717) is 11.1 Å². The number of carboxylic acids is 1. The molecular weight excluding hydrogens is 256 g/mol. The molecular formula is C11H12N2O4S. The number of hydrogen-bond donors (Lipinski definition) is 4. The van der Waals surface area contributed by atoms with Gasteiger partial charge >= 0.3 is 5.97 Å². The highest BCUT2D eigenvalue weighted by Crippen LogP contribution is 2.13. The Morgan fingerprint density at radius 1 is 1.28 bits per heavy atom. The number of nitrogens with two attached hydrogens (primary N) is 1. The summed E-state index contributed by atoms with van der Waals surface area (Å²) in [5.41, 5.74) is 5.88. The van der Waals surface area contributed by atoms with Crippen molar-refractivity contribution in [1.29, 1.82) is 0 Å². The van der Waals surface area contributed by atoms with Gasteiger partial charge in [-0.05, 0) is 12.1 Å². The van der Waals surface area contributed by atoms with Crippen LogP contribution in [-0.4, -0.2) is 34.7 Å². The number of fused-ring (bicyclic) bond motifs is 1. The molecule has 6 nitrogen and oxygen atoms in total. The number of imide groups is 1. The summed E-state index contributed by atoms with van der Waals surface area (Å²) in [6.45, 7) is 0. The Morgan fingerprint density at radius 3 is 2.00 bits per heavy atom. The molecule has 1 aliphatic heterocycles. The zero-order chi connectivity index (χ0) is 13.7. The van der Waals surface area contributed by atoms with Crippen molar-refractivity contribution < 1.29 is 19.5 Å². The lowest BCUT2D eigenvalue weighted by Gasteiger charge is -1.96. The number of hydrogen-bond acceptors (Lipinski definition) is 5. The van der Waals surface area contributed by atoms with Crippen LogP contribution < -0.4 is 11.1 Å². The van der Waals surface area contributed by atoms with Crippen LogP contribution in [0.15, 0.2) is 24.3 Å². The van der Waals surface area contributed by atoms with E-state index in [4.69, 9.17) is 10.8 Å². The van der Waals surface area contributed by atoms with Gasteiger partial charge in [0, 0.05) is 5.75 Å². The standard InChI is InChI=1S/C8H5NO2.C3H7NO2S/c10-7-5-3-1-2-4-6(5)8(11)9-7;4-2(1-7)3(5)6/h1-4H,(H,9,10,11);2,7H,1,4H2,(H,5,6)/t;2-/m.0/s1. The van der Waals surface area contributed by atoms with Gasteiger partial charge in [-0.2, -0.15) is 12.6 Å². The maximum Gasteiger partial charge on any atom is 0.321 e. The average Bonchev–Trinajstić information content (AvgIpc) is 2.65. The molecule has 2 rings (SSSR count). The Labute approximate surface area is 109 Å². The van der Waals surface area contributed by atoms with E-state index >= 15 is 0 Å². The number of rotatable bonds is 2. The second-order valence-corrected chi connectivity index (χ2v) is 3.82. The van der Waals surface area contributed by atoms with Gasteiger partial charge in [-0.15, -0.1) is 0 Å². The summed E-state index contributed by atoms with van der Waals surface area (Å²) in [7, 11) is 0. The molecule has 1 aromatic rings. The number of carboxylic acid groups (broad SMARTS) is 1. The van der Waals surface area contributed by atoms with Crippen molar-refractivity contribution in [3.8, 4) is 0 Å². The van der Waals surface area contributed by atoms with E-state index in [1.165, 1.54) is 0 Å². The maximum atomic E-state index is 10.9. The van der Waals surface area contributed by atoms with Crippen molar-refractivity contribution in [1.82, 2.24) is 5.32 Å². The SMILES string of the molecule is N[C@@H](CS)C(=O)O.O=C1NC(=O)c2ccccc21. The van der Waals surface area contributed by atoms with Gasteiger partial charge in [-0.25, -0.2) is 0 Å². The summed E-state index contributed by atoms with van der Waals surface area (Å²) < 4.78 is 0. The van der Waals surface area contributed by atoms with E-state index < -0.39 is 12.0 Å². The molecule has 0 radical (unpaired) electrons. The molecule has 96 valence electrons. The van der Waals surface area contributed by atoms with Crippen molar-refractivity contribution in [2.75, 3.05) is 5.75 Å². The monoisotopic (exact) mass is 268 g/mol. The first-order valence-electron chi connectivity index (χ1n) is 5.01. The fourth-order valence-corrected chi connectivity index (χ4v) is 1.35. The quantitative estimate of drug-likeness (QED) is 0.442. The van der Waals surface area contributed by atoms with Crippen LogP contribution in [0.5, 0.6) is 0 Å². The lowest BCUT2D eigenvalue weighted by atomic mass is 10.1. The Hall–Kier alpha value is -1.86. The molecule has 4 N–H and O–H groups in total. The average molecular weight is 268 g/mol. The van der Waals surface area contributed by atoms with Crippen molar-refractivity contribution >= 4 is 30.4 Å². The Morgan fingerprint density at radius 2 is 1.72 bits per heavy atom. The minimum absolute atomic E-state index is 0.190. The number of aliphatic carboxylic acids is 1. The molecule has 1 aromatic carbocycles. The lowest BCUT2D eigenvalue weighted by Crippen LogP contribution is -2.31. The molecule has 0 bridgehead atoms. The molecule has 1 aliphatic rings. The summed E-state index contributed by atoms with van der Waals surface area (Å²) in [5.74, 6) is -1.42. The maximum absolute atomic E-state index is 10.9. The minimum atomic E-state index is -1.00. The summed E-state index contributed by atoms with van der Waals surface area (Å²) >= 11 is 3.65. The highest BCUT2D eigenvalue weighted by molar-refractivity contribution is 7.80. The van der Waals surface area contributed by atoms with Gasteiger partial charge in [0.05, 0.1) is 11.1 Å². The third kappa shape index (κ3) is 3.31. The van der Waals surface area contributed by atoms with E-state index in [2.05, 4.69) is 17.9 Å². The van der Waals surface area contributed by atoms with Gasteiger partial charge in [0.25, 0.3) is 11.8 Å². The molecule has 1 atom stereocenters. The van der Waals surface area contributed by atoms with Crippen LogP contribution in [0.1, 0.15) is 20.7 Å². The molecule has 0 spiro atoms. The molecule has 0 fully saturated rings.